The Bertz CT molecular complexity index is 681. The highest BCUT2D eigenvalue weighted by Gasteiger charge is 2.15. The number of nitrogens with one attached hydrogen (secondary N) is 1. The molecule has 0 aliphatic carbocycles. The highest BCUT2D eigenvalue weighted by Crippen LogP contribution is 2.14. The Hall–Kier alpha value is -2.58. The van der Waals surface area contributed by atoms with Gasteiger partial charge >= 0.3 is 0 Å². The number of hydrogen-bond donors (Lipinski definition) is 2. The number of nitrogens with zero attached hydrogens (tertiary/aromatic N) is 2. The molecule has 5 heteroatoms. The lowest BCUT2D eigenvalue weighted by molar-refractivity contribution is 0.0785. The van der Waals surface area contributed by atoms with Gasteiger partial charge in [0.25, 0.3) is 5.91 Å². The fraction of sp³-hybridized carbons (Fsp3) is 0.250. The maximum absolute atomic E-state index is 12.5. The van der Waals surface area contributed by atoms with Crippen molar-refractivity contribution in [1.82, 2.24) is 15.1 Å². The van der Waals surface area contributed by atoms with Gasteiger partial charge in [0.15, 0.2) is 0 Å². The molecule has 1 aromatic carbocycles. The molecule has 1 aromatic heterocycles. The minimum atomic E-state index is -0.230. The van der Waals surface area contributed by atoms with Crippen LogP contribution in [0.4, 0.5) is 0 Å². The van der Waals surface area contributed by atoms with Gasteiger partial charge < -0.3 is 10.0 Å². The predicted molar refractivity (Wildman–Crippen MR) is 79.5 cm³/mol. The number of aromatic nitrogens is 2. The molecular weight excluding hydrogens is 266 g/mol. The molecule has 0 radical (unpaired) electrons. The number of aromatic amines is 1. The quantitative estimate of drug-likeness (QED) is 0.835. The van der Waals surface area contributed by atoms with Gasteiger partial charge in [-0.1, -0.05) is 17.9 Å². The Morgan fingerprint density at radius 3 is 2.95 bits per heavy atom. The van der Waals surface area contributed by atoms with Crippen molar-refractivity contribution in [1.29, 1.82) is 0 Å². The van der Waals surface area contributed by atoms with Crippen LogP contribution in [0.3, 0.4) is 0 Å². The van der Waals surface area contributed by atoms with Gasteiger partial charge in [-0.3, -0.25) is 9.89 Å². The van der Waals surface area contributed by atoms with Gasteiger partial charge in [-0.05, 0) is 24.6 Å². The van der Waals surface area contributed by atoms with Crippen molar-refractivity contribution in [2.45, 2.75) is 13.5 Å². The number of rotatable bonds is 3. The lowest BCUT2D eigenvalue weighted by Crippen LogP contribution is -2.26. The highest BCUT2D eigenvalue weighted by atomic mass is 16.2. The second kappa shape index (κ2) is 6.73. The van der Waals surface area contributed by atoms with Crippen LogP contribution in [0.25, 0.3) is 0 Å². The monoisotopic (exact) mass is 283 g/mol. The van der Waals surface area contributed by atoms with Crippen molar-refractivity contribution in [3.05, 3.63) is 52.8 Å². The molecule has 1 amide bonds. The van der Waals surface area contributed by atoms with Crippen LogP contribution in [0.1, 0.15) is 27.0 Å². The van der Waals surface area contributed by atoms with Crippen LogP contribution in [-0.2, 0) is 6.54 Å². The number of carbonyl (C=O) groups excluding carboxylic acids is 1. The fourth-order valence-corrected chi connectivity index (χ4v) is 2.00. The van der Waals surface area contributed by atoms with Gasteiger partial charge in [0.2, 0.25) is 0 Å². The Morgan fingerprint density at radius 1 is 1.48 bits per heavy atom. The molecule has 0 atom stereocenters. The molecule has 0 aliphatic heterocycles. The molecule has 0 saturated carbocycles. The van der Waals surface area contributed by atoms with Gasteiger partial charge in [0, 0.05) is 30.9 Å². The summed E-state index contributed by atoms with van der Waals surface area (Å²) >= 11 is 0. The molecular formula is C16H17N3O2. The zero-order chi connectivity index (χ0) is 15.2. The topological polar surface area (TPSA) is 69.2 Å². The third-order valence-electron chi connectivity index (χ3n) is 3.03. The molecule has 108 valence electrons. The number of amides is 1. The second-order valence-corrected chi connectivity index (χ2v) is 4.78. The standard InChI is InChI=1S/C16H17N3O2/c1-12-5-6-15(14(8-12)4-3-7-20)16(21)19(2)11-13-9-17-18-10-13/h5-6,8-10,20H,7,11H2,1-2H3,(H,17,18). The summed E-state index contributed by atoms with van der Waals surface area (Å²) in [6.45, 7) is 2.18. The molecule has 2 N–H and O–H groups in total. The maximum atomic E-state index is 12.5. The first-order valence-corrected chi connectivity index (χ1v) is 6.55. The molecule has 1 heterocycles. The van der Waals surface area contributed by atoms with E-state index in [0.29, 0.717) is 17.7 Å². The minimum Gasteiger partial charge on any atom is -0.384 e. The summed E-state index contributed by atoms with van der Waals surface area (Å²) in [5.41, 5.74) is 3.12. The van der Waals surface area contributed by atoms with E-state index >= 15 is 0 Å². The third kappa shape index (κ3) is 3.71. The average molecular weight is 283 g/mol. The smallest absolute Gasteiger partial charge is 0.255 e. The maximum Gasteiger partial charge on any atom is 0.255 e. The van der Waals surface area contributed by atoms with Crippen LogP contribution in [0.5, 0.6) is 0 Å². The van der Waals surface area contributed by atoms with Crippen molar-refractivity contribution in [3.8, 4) is 11.8 Å². The largest absolute Gasteiger partial charge is 0.384 e. The first kappa shape index (κ1) is 14.8. The van der Waals surface area contributed by atoms with Crippen molar-refractivity contribution in [2.24, 2.45) is 0 Å². The van der Waals surface area contributed by atoms with E-state index in [2.05, 4.69) is 22.0 Å². The molecule has 0 fully saturated rings. The molecule has 21 heavy (non-hydrogen) atoms. The van der Waals surface area contributed by atoms with Crippen molar-refractivity contribution < 1.29 is 9.90 Å². The first-order valence-electron chi connectivity index (χ1n) is 6.55. The van der Waals surface area contributed by atoms with Gasteiger partial charge in [-0.15, -0.1) is 0 Å². The fourth-order valence-electron chi connectivity index (χ4n) is 2.00. The molecule has 0 spiro atoms. The van der Waals surface area contributed by atoms with E-state index in [0.717, 1.165) is 11.1 Å². The van der Waals surface area contributed by atoms with Crippen LogP contribution in [0, 0.1) is 18.8 Å². The van der Waals surface area contributed by atoms with Crippen molar-refractivity contribution >= 4 is 5.91 Å². The number of aryl methyl sites for hydroxylation is 1. The molecule has 2 aromatic rings. The van der Waals surface area contributed by atoms with E-state index in [1.807, 2.05) is 19.1 Å². The zero-order valence-electron chi connectivity index (χ0n) is 12.1. The first-order chi connectivity index (χ1) is 10.1. The third-order valence-corrected chi connectivity index (χ3v) is 3.03. The Kier molecular flexibility index (Phi) is 4.75. The Balaban J connectivity index is 2.25. The van der Waals surface area contributed by atoms with E-state index < -0.39 is 0 Å². The van der Waals surface area contributed by atoms with Crippen LogP contribution in [-0.4, -0.2) is 39.8 Å². The molecule has 5 nitrogen and oxygen atoms in total. The van der Waals surface area contributed by atoms with Crippen LogP contribution < -0.4 is 0 Å². The lowest BCUT2D eigenvalue weighted by atomic mass is 10.0. The molecule has 0 aliphatic rings. The van der Waals surface area contributed by atoms with E-state index in [4.69, 9.17) is 5.11 Å². The van der Waals surface area contributed by atoms with E-state index in [1.54, 1.807) is 30.4 Å². The lowest BCUT2D eigenvalue weighted by Gasteiger charge is -2.17. The molecule has 0 unspecified atom stereocenters. The molecule has 2 rings (SSSR count). The van der Waals surface area contributed by atoms with Gasteiger partial charge in [0.1, 0.15) is 6.61 Å². The molecule has 0 saturated heterocycles. The average Bonchev–Trinajstić information content (AvgIpc) is 2.97. The van der Waals surface area contributed by atoms with Crippen LogP contribution >= 0.6 is 0 Å². The summed E-state index contributed by atoms with van der Waals surface area (Å²) in [7, 11) is 1.73. The number of carbonyl (C=O) groups is 1. The number of hydrogen-bond acceptors (Lipinski definition) is 3. The minimum absolute atomic E-state index is 0.113. The summed E-state index contributed by atoms with van der Waals surface area (Å²) < 4.78 is 0. The number of H-pyrrole nitrogens is 1. The van der Waals surface area contributed by atoms with Crippen molar-refractivity contribution in [3.63, 3.8) is 0 Å². The second-order valence-electron chi connectivity index (χ2n) is 4.78. The summed E-state index contributed by atoms with van der Waals surface area (Å²) in [5, 5.41) is 15.4. The number of benzene rings is 1. The summed E-state index contributed by atoms with van der Waals surface area (Å²) in [4.78, 5) is 14.1. The summed E-state index contributed by atoms with van der Waals surface area (Å²) in [6.07, 6.45) is 3.44. The predicted octanol–water partition coefficient (Wildman–Crippen LogP) is 1.33. The number of aliphatic hydroxyl groups is 1. The van der Waals surface area contributed by atoms with Crippen LogP contribution in [0.15, 0.2) is 30.6 Å². The summed E-state index contributed by atoms with van der Waals surface area (Å²) in [5.74, 6) is 5.31. The molecule has 0 bridgehead atoms. The normalized spacial score (nSPS) is 9.86. The Labute approximate surface area is 123 Å². The van der Waals surface area contributed by atoms with E-state index in [9.17, 15) is 4.79 Å². The summed E-state index contributed by atoms with van der Waals surface area (Å²) in [6, 6.07) is 5.50. The number of aliphatic hydroxyl groups excluding tert-OH is 1. The van der Waals surface area contributed by atoms with Gasteiger partial charge in [-0.25, -0.2) is 0 Å². The van der Waals surface area contributed by atoms with Gasteiger partial charge in [0.05, 0.1) is 11.8 Å². The SMILES string of the molecule is Cc1ccc(C(=O)N(C)Cc2cn[nH]c2)c(C#CCO)c1. The zero-order valence-corrected chi connectivity index (χ0v) is 12.1. The highest BCUT2D eigenvalue weighted by molar-refractivity contribution is 5.96. The van der Waals surface area contributed by atoms with Crippen LogP contribution in [0.2, 0.25) is 0 Å². The van der Waals surface area contributed by atoms with Crippen molar-refractivity contribution in [2.75, 3.05) is 13.7 Å². The van der Waals surface area contributed by atoms with E-state index in [-0.39, 0.29) is 12.5 Å². The van der Waals surface area contributed by atoms with E-state index in [1.165, 1.54) is 0 Å². The van der Waals surface area contributed by atoms with Gasteiger partial charge in [-0.2, -0.15) is 5.10 Å². The Morgan fingerprint density at radius 2 is 2.29 bits per heavy atom.